The van der Waals surface area contributed by atoms with Gasteiger partial charge >= 0.3 is 0 Å². The number of hydrogen-bond donors (Lipinski definition) is 0. The van der Waals surface area contributed by atoms with Crippen molar-refractivity contribution in [3.8, 4) is 23.7 Å². The molecule has 0 N–H and O–H groups in total. The van der Waals surface area contributed by atoms with E-state index in [1.165, 1.54) is 43.6 Å². The van der Waals surface area contributed by atoms with Crippen LogP contribution in [0.15, 0.2) is 84.9 Å². The molecule has 2 heterocycles. The molecule has 4 aromatic carbocycles. The molecule has 162 valence electrons. The Morgan fingerprint density at radius 2 is 0.912 bits per heavy atom. The van der Waals surface area contributed by atoms with Gasteiger partial charge in [-0.2, -0.15) is 0 Å². The van der Waals surface area contributed by atoms with E-state index >= 15 is 0 Å². The van der Waals surface area contributed by atoms with Crippen molar-refractivity contribution < 1.29 is 0 Å². The second-order valence-corrected chi connectivity index (χ2v) is 8.42. The van der Waals surface area contributed by atoms with Gasteiger partial charge < -0.3 is 9.13 Å². The normalized spacial score (nSPS) is 11.0. The second kappa shape index (κ2) is 8.18. The molecule has 34 heavy (non-hydrogen) atoms. The number of nitrogens with zero attached hydrogens (tertiary/aromatic N) is 2. The predicted molar refractivity (Wildman–Crippen MR) is 144 cm³/mol. The summed E-state index contributed by atoms with van der Waals surface area (Å²) in [6.07, 6.45) is 0. The van der Waals surface area contributed by atoms with Gasteiger partial charge in [-0.1, -0.05) is 60.4 Å². The van der Waals surface area contributed by atoms with Crippen molar-refractivity contribution in [1.29, 1.82) is 0 Å². The van der Waals surface area contributed by atoms with Crippen LogP contribution in [-0.4, -0.2) is 9.13 Å². The molecule has 2 aromatic heterocycles. The largest absolute Gasteiger partial charge is 0.341 e. The summed E-state index contributed by atoms with van der Waals surface area (Å²) in [6, 6.07) is 29.9. The molecule has 2 heteroatoms. The van der Waals surface area contributed by atoms with E-state index < -0.39 is 0 Å². The van der Waals surface area contributed by atoms with Crippen LogP contribution >= 0.6 is 0 Å². The Morgan fingerprint density at radius 1 is 0.500 bits per heavy atom. The van der Waals surface area contributed by atoms with E-state index in [1.807, 2.05) is 0 Å². The number of fused-ring (bicyclic) bond motifs is 6. The molecule has 0 saturated carbocycles. The standard InChI is InChI=1S/C32H24N2/c1-3-33-27-19-9-7-17-25(27)31-23(15-11-21-29(31)33)13-5-6-14-24-16-12-22-30-32(24)26-18-8-10-20-28(26)34(30)4-2/h7-12,15-22H,3-4H2,1-2H3. The van der Waals surface area contributed by atoms with Gasteiger partial charge in [-0.3, -0.25) is 0 Å². The van der Waals surface area contributed by atoms with Gasteiger partial charge in [0.05, 0.1) is 11.0 Å². The Labute approximate surface area is 199 Å². The van der Waals surface area contributed by atoms with Crippen molar-refractivity contribution >= 4 is 43.6 Å². The monoisotopic (exact) mass is 436 g/mol. The lowest BCUT2D eigenvalue weighted by molar-refractivity contribution is 0.827. The Kier molecular flexibility index (Phi) is 4.87. The highest BCUT2D eigenvalue weighted by Gasteiger charge is 2.12. The zero-order chi connectivity index (χ0) is 23.1. The molecule has 0 spiro atoms. The van der Waals surface area contributed by atoms with E-state index in [-0.39, 0.29) is 0 Å². The zero-order valence-electron chi connectivity index (χ0n) is 19.4. The summed E-state index contributed by atoms with van der Waals surface area (Å²) in [6.45, 7) is 6.23. The lowest BCUT2D eigenvalue weighted by Crippen LogP contribution is -1.92. The first-order valence-corrected chi connectivity index (χ1v) is 11.8. The summed E-state index contributed by atoms with van der Waals surface area (Å²) in [4.78, 5) is 0. The third-order valence-corrected chi connectivity index (χ3v) is 6.68. The number of aryl methyl sites for hydroxylation is 2. The van der Waals surface area contributed by atoms with Gasteiger partial charge in [-0.15, -0.1) is 0 Å². The maximum absolute atomic E-state index is 3.35. The average Bonchev–Trinajstić information content (AvgIpc) is 3.39. The van der Waals surface area contributed by atoms with E-state index in [0.717, 1.165) is 24.2 Å². The zero-order valence-corrected chi connectivity index (χ0v) is 19.4. The van der Waals surface area contributed by atoms with Crippen LogP contribution in [0.1, 0.15) is 25.0 Å². The predicted octanol–water partition coefficient (Wildman–Crippen LogP) is 7.35. The van der Waals surface area contributed by atoms with Crippen LogP contribution in [0.2, 0.25) is 0 Å². The molecule has 0 aliphatic rings. The van der Waals surface area contributed by atoms with Crippen LogP contribution in [0.5, 0.6) is 0 Å². The van der Waals surface area contributed by atoms with Gasteiger partial charge in [0.1, 0.15) is 0 Å². The number of aromatic nitrogens is 2. The summed E-state index contributed by atoms with van der Waals surface area (Å²) in [7, 11) is 0. The maximum atomic E-state index is 3.35. The molecule has 0 fully saturated rings. The Bertz CT molecular complexity index is 1700. The quantitative estimate of drug-likeness (QED) is 0.251. The van der Waals surface area contributed by atoms with E-state index in [9.17, 15) is 0 Å². The number of rotatable bonds is 2. The molecule has 6 rings (SSSR count). The van der Waals surface area contributed by atoms with Crippen LogP contribution in [0.4, 0.5) is 0 Å². The fourth-order valence-electron chi connectivity index (χ4n) is 5.28. The summed E-state index contributed by atoms with van der Waals surface area (Å²) in [5.41, 5.74) is 6.99. The molecular weight excluding hydrogens is 412 g/mol. The minimum Gasteiger partial charge on any atom is -0.341 e. The van der Waals surface area contributed by atoms with Gasteiger partial charge in [0.15, 0.2) is 0 Å². The number of hydrogen-bond acceptors (Lipinski definition) is 0. The van der Waals surface area contributed by atoms with Gasteiger partial charge in [-0.05, 0) is 62.1 Å². The lowest BCUT2D eigenvalue weighted by atomic mass is 10.1. The Balaban J connectivity index is 1.49. The Morgan fingerprint density at radius 3 is 1.35 bits per heavy atom. The molecule has 0 amide bonds. The average molecular weight is 437 g/mol. The maximum Gasteiger partial charge on any atom is 0.0503 e. The van der Waals surface area contributed by atoms with Gasteiger partial charge in [0.2, 0.25) is 0 Å². The van der Waals surface area contributed by atoms with Gasteiger partial charge in [-0.25, -0.2) is 0 Å². The summed E-state index contributed by atoms with van der Waals surface area (Å²) in [5.74, 6) is 13.0. The first-order chi connectivity index (χ1) is 16.8. The van der Waals surface area contributed by atoms with E-state index in [1.54, 1.807) is 0 Å². The molecule has 0 saturated heterocycles. The minimum absolute atomic E-state index is 0.927. The van der Waals surface area contributed by atoms with E-state index in [4.69, 9.17) is 0 Å². The highest BCUT2D eigenvalue weighted by atomic mass is 15.0. The molecular formula is C32H24N2. The molecule has 0 radical (unpaired) electrons. The topological polar surface area (TPSA) is 9.86 Å². The van der Waals surface area contributed by atoms with E-state index in [2.05, 4.69) is 132 Å². The van der Waals surface area contributed by atoms with Crippen molar-refractivity contribution in [1.82, 2.24) is 9.13 Å². The van der Waals surface area contributed by atoms with Crippen LogP contribution < -0.4 is 0 Å². The van der Waals surface area contributed by atoms with Gasteiger partial charge in [0, 0.05) is 56.8 Å². The van der Waals surface area contributed by atoms with Crippen molar-refractivity contribution in [3.63, 3.8) is 0 Å². The SMILES string of the molecule is CCn1c2ccccc2c2c(C#CC#Cc3cccc4c3c3ccccc3n4CC)cccc21. The van der Waals surface area contributed by atoms with Crippen LogP contribution in [0.3, 0.4) is 0 Å². The summed E-state index contributed by atoms with van der Waals surface area (Å²) < 4.78 is 4.71. The lowest BCUT2D eigenvalue weighted by Gasteiger charge is -2.02. The molecule has 0 atom stereocenters. The summed E-state index contributed by atoms with van der Waals surface area (Å²) >= 11 is 0. The third kappa shape index (κ3) is 3.01. The van der Waals surface area contributed by atoms with Crippen LogP contribution in [-0.2, 0) is 13.1 Å². The molecule has 6 aromatic rings. The first-order valence-electron chi connectivity index (χ1n) is 11.8. The Hall–Kier alpha value is -4.40. The fraction of sp³-hybridized carbons (Fsp3) is 0.125. The third-order valence-electron chi connectivity index (χ3n) is 6.68. The smallest absolute Gasteiger partial charge is 0.0503 e. The van der Waals surface area contributed by atoms with Crippen LogP contribution in [0.25, 0.3) is 43.6 Å². The minimum atomic E-state index is 0.927. The van der Waals surface area contributed by atoms with Crippen molar-refractivity contribution in [2.45, 2.75) is 26.9 Å². The van der Waals surface area contributed by atoms with Crippen molar-refractivity contribution in [2.24, 2.45) is 0 Å². The van der Waals surface area contributed by atoms with Crippen LogP contribution in [0, 0.1) is 23.7 Å². The van der Waals surface area contributed by atoms with E-state index in [0.29, 0.717) is 0 Å². The van der Waals surface area contributed by atoms with Gasteiger partial charge in [0.25, 0.3) is 0 Å². The molecule has 2 nitrogen and oxygen atoms in total. The number of benzene rings is 4. The molecule has 0 aliphatic carbocycles. The highest BCUT2D eigenvalue weighted by molar-refractivity contribution is 6.11. The molecule has 0 aliphatic heterocycles. The molecule has 0 unspecified atom stereocenters. The highest BCUT2D eigenvalue weighted by Crippen LogP contribution is 2.32. The second-order valence-electron chi connectivity index (χ2n) is 8.42. The fourth-order valence-corrected chi connectivity index (χ4v) is 5.28. The first kappa shape index (κ1) is 20.2. The number of para-hydroxylation sites is 2. The van der Waals surface area contributed by atoms with Crippen molar-refractivity contribution in [2.75, 3.05) is 0 Å². The summed E-state index contributed by atoms with van der Waals surface area (Å²) in [5, 5.41) is 4.91. The molecule has 0 bridgehead atoms. The van der Waals surface area contributed by atoms with Crippen molar-refractivity contribution in [3.05, 3.63) is 96.1 Å².